The summed E-state index contributed by atoms with van der Waals surface area (Å²) >= 11 is 0. The lowest BCUT2D eigenvalue weighted by Crippen LogP contribution is -2.61. The second-order valence-corrected chi connectivity index (χ2v) is 10.2. The molecule has 1 unspecified atom stereocenters. The van der Waals surface area contributed by atoms with Crippen molar-refractivity contribution in [3.63, 3.8) is 0 Å². The maximum atomic E-state index is 12.5. The lowest BCUT2D eigenvalue weighted by Gasteiger charge is -2.61. The van der Waals surface area contributed by atoms with Gasteiger partial charge in [-0.3, -0.25) is 14.4 Å². The fourth-order valence-corrected chi connectivity index (χ4v) is 7.92. The van der Waals surface area contributed by atoms with Crippen molar-refractivity contribution < 1.29 is 29.0 Å². The van der Waals surface area contributed by atoms with Gasteiger partial charge in [0, 0.05) is 13.8 Å². The molecule has 4 saturated carbocycles. The Morgan fingerprint density at radius 2 is 1.62 bits per heavy atom. The third-order valence-corrected chi connectivity index (χ3v) is 9.06. The van der Waals surface area contributed by atoms with E-state index < -0.39 is 17.5 Å². The van der Waals surface area contributed by atoms with E-state index in [1.165, 1.54) is 13.8 Å². The van der Waals surface area contributed by atoms with Crippen molar-refractivity contribution in [2.75, 3.05) is 0 Å². The van der Waals surface area contributed by atoms with Crippen LogP contribution >= 0.6 is 0 Å². The first-order valence-electron chi connectivity index (χ1n) is 11.3. The third kappa shape index (κ3) is 3.17. The molecule has 0 aromatic rings. The maximum absolute atomic E-state index is 12.5. The minimum absolute atomic E-state index is 0.000395. The van der Waals surface area contributed by atoms with Gasteiger partial charge in [0.05, 0.1) is 0 Å². The first kappa shape index (κ1) is 20.7. The van der Waals surface area contributed by atoms with Gasteiger partial charge in [0.2, 0.25) is 0 Å². The van der Waals surface area contributed by atoms with Crippen molar-refractivity contribution in [1.82, 2.24) is 0 Å². The second-order valence-electron chi connectivity index (χ2n) is 10.2. The van der Waals surface area contributed by atoms with Crippen molar-refractivity contribution in [3.8, 4) is 0 Å². The molecule has 8 atom stereocenters. The lowest BCUT2D eigenvalue weighted by molar-refractivity contribution is -0.202. The second kappa shape index (κ2) is 7.28. The maximum Gasteiger partial charge on any atom is 0.313 e. The molecule has 4 aliphatic rings. The highest BCUT2D eigenvalue weighted by molar-refractivity contribution is 5.78. The number of carbonyl (C=O) groups excluding carboxylic acids is 2. The van der Waals surface area contributed by atoms with E-state index in [1.54, 1.807) is 0 Å². The van der Waals surface area contributed by atoms with Crippen LogP contribution in [0.2, 0.25) is 0 Å². The van der Waals surface area contributed by atoms with Crippen LogP contribution in [-0.2, 0) is 23.9 Å². The molecule has 1 N–H and O–H groups in total. The highest BCUT2D eigenvalue weighted by Gasteiger charge is 2.66. The normalized spacial score (nSPS) is 46.0. The minimum atomic E-state index is -0.912. The van der Waals surface area contributed by atoms with Crippen LogP contribution in [0.3, 0.4) is 0 Å². The molecule has 29 heavy (non-hydrogen) atoms. The van der Waals surface area contributed by atoms with Gasteiger partial charge in [-0.2, -0.15) is 0 Å². The van der Waals surface area contributed by atoms with Crippen LogP contribution in [0, 0.1) is 34.5 Å². The summed E-state index contributed by atoms with van der Waals surface area (Å²) in [5, 5.41) is 10.2. The number of hydrogen-bond donors (Lipinski definition) is 1. The zero-order chi connectivity index (χ0) is 21.0. The number of aliphatic carboxylic acids is 1. The van der Waals surface area contributed by atoms with Crippen molar-refractivity contribution >= 4 is 17.9 Å². The Labute approximate surface area is 172 Å². The van der Waals surface area contributed by atoms with Crippen LogP contribution in [0.25, 0.3) is 0 Å². The first-order chi connectivity index (χ1) is 13.7. The van der Waals surface area contributed by atoms with Crippen LogP contribution in [-0.4, -0.2) is 35.2 Å². The Kier molecular flexibility index (Phi) is 5.19. The topological polar surface area (TPSA) is 89.9 Å². The molecule has 0 aromatic heterocycles. The summed E-state index contributed by atoms with van der Waals surface area (Å²) in [6, 6.07) is 0. The number of ether oxygens (including phenoxy) is 2. The van der Waals surface area contributed by atoms with Crippen LogP contribution < -0.4 is 0 Å². The van der Waals surface area contributed by atoms with Gasteiger partial charge >= 0.3 is 17.9 Å². The van der Waals surface area contributed by atoms with Gasteiger partial charge in [-0.1, -0.05) is 13.3 Å². The Morgan fingerprint density at radius 1 is 0.897 bits per heavy atom. The number of rotatable bonds is 3. The number of hydrogen-bond acceptors (Lipinski definition) is 5. The quantitative estimate of drug-likeness (QED) is 0.714. The van der Waals surface area contributed by atoms with Crippen molar-refractivity contribution in [2.24, 2.45) is 34.5 Å². The molecule has 0 radical (unpaired) electrons. The van der Waals surface area contributed by atoms with Gasteiger partial charge in [-0.15, -0.1) is 0 Å². The molecule has 0 aliphatic heterocycles. The summed E-state index contributed by atoms with van der Waals surface area (Å²) < 4.78 is 11.3. The number of esters is 2. The van der Waals surface area contributed by atoms with E-state index in [2.05, 4.69) is 6.92 Å². The Hall–Kier alpha value is -1.59. The highest BCUT2D eigenvalue weighted by Crippen LogP contribution is 2.67. The molecular formula is C23H34O6. The van der Waals surface area contributed by atoms with E-state index in [0.29, 0.717) is 30.6 Å². The highest BCUT2D eigenvalue weighted by atomic mass is 16.5. The molecule has 6 nitrogen and oxygen atoms in total. The van der Waals surface area contributed by atoms with Crippen LogP contribution in [0.1, 0.15) is 78.6 Å². The Balaban J connectivity index is 1.64. The van der Waals surface area contributed by atoms with Crippen LogP contribution in [0.5, 0.6) is 0 Å². The first-order valence-corrected chi connectivity index (χ1v) is 11.3. The number of carboxylic acids is 1. The molecule has 4 fully saturated rings. The van der Waals surface area contributed by atoms with Crippen LogP contribution in [0.4, 0.5) is 0 Å². The lowest BCUT2D eigenvalue weighted by atomic mass is 9.44. The average Bonchev–Trinajstić information content (AvgIpc) is 3.08. The summed E-state index contributed by atoms with van der Waals surface area (Å²) in [6.07, 6.45) is 7.39. The van der Waals surface area contributed by atoms with Gasteiger partial charge in [-0.05, 0) is 80.5 Å². The number of carbonyl (C=O) groups is 3. The molecule has 4 aliphatic carbocycles. The van der Waals surface area contributed by atoms with Gasteiger partial charge in [-0.25, -0.2) is 0 Å². The molecule has 0 spiro atoms. The molecule has 162 valence electrons. The fraction of sp³-hybridized carbons (Fsp3) is 0.870. The number of carboxylic acid groups (broad SMARTS) is 1. The summed E-state index contributed by atoms with van der Waals surface area (Å²) in [7, 11) is 0. The fourth-order valence-electron chi connectivity index (χ4n) is 7.92. The Morgan fingerprint density at radius 3 is 2.28 bits per heavy atom. The predicted molar refractivity (Wildman–Crippen MR) is 105 cm³/mol. The van der Waals surface area contributed by atoms with Gasteiger partial charge in [0.15, 0.2) is 0 Å². The van der Waals surface area contributed by atoms with E-state index in [9.17, 15) is 19.5 Å². The molecule has 0 saturated heterocycles. The van der Waals surface area contributed by atoms with Crippen LogP contribution in [0.15, 0.2) is 0 Å². The Bertz CT molecular complexity index is 703. The SMILES string of the molecule is CC(=O)O[C@@H]1CC[C@@]2(C)C(CC[C@H]3[C@@H]4CCC[C@@]4(C(=O)O)[C@@H](OC(C)=O)C[C@@H]32)C1. The summed E-state index contributed by atoms with van der Waals surface area (Å²) in [6.45, 7) is 5.22. The number of fused-ring (bicyclic) bond motifs is 5. The van der Waals surface area contributed by atoms with Gasteiger partial charge in [0.25, 0.3) is 0 Å². The van der Waals surface area contributed by atoms with E-state index in [4.69, 9.17) is 9.47 Å². The smallest absolute Gasteiger partial charge is 0.313 e. The van der Waals surface area contributed by atoms with Crippen molar-refractivity contribution in [2.45, 2.75) is 90.8 Å². The van der Waals surface area contributed by atoms with Gasteiger partial charge < -0.3 is 14.6 Å². The minimum Gasteiger partial charge on any atom is -0.481 e. The zero-order valence-corrected chi connectivity index (χ0v) is 17.8. The van der Waals surface area contributed by atoms with Crippen molar-refractivity contribution in [1.29, 1.82) is 0 Å². The van der Waals surface area contributed by atoms with E-state index in [0.717, 1.165) is 44.9 Å². The average molecular weight is 407 g/mol. The summed E-state index contributed by atoms with van der Waals surface area (Å²) in [4.78, 5) is 35.8. The van der Waals surface area contributed by atoms with Gasteiger partial charge in [0.1, 0.15) is 17.6 Å². The monoisotopic (exact) mass is 406 g/mol. The molecule has 0 amide bonds. The molecule has 0 heterocycles. The summed E-state index contributed by atoms with van der Waals surface area (Å²) in [5.74, 6) is -0.0690. The predicted octanol–water partition coefficient (Wildman–Crippen LogP) is 3.96. The molecular weight excluding hydrogens is 372 g/mol. The van der Waals surface area contributed by atoms with E-state index in [1.807, 2.05) is 0 Å². The van der Waals surface area contributed by atoms with E-state index >= 15 is 0 Å². The summed E-state index contributed by atoms with van der Waals surface area (Å²) in [5.41, 5.74) is -0.823. The zero-order valence-electron chi connectivity index (χ0n) is 17.8. The standard InChI is InChI=1S/C23H34O6/c1-13(24)28-16-8-10-22(3)15(11-16)6-7-17-18-5-4-9-23(18,21(26)27)20(12-19(17)22)29-14(2)25/h15-20H,4-12H2,1-3H3,(H,26,27)/t15?,16-,17+,18+,19+,20+,22+,23+/m1/s1. The molecule has 0 aromatic carbocycles. The molecule has 6 heteroatoms. The molecule has 4 rings (SSSR count). The molecule has 0 bridgehead atoms. The van der Waals surface area contributed by atoms with Crippen molar-refractivity contribution in [3.05, 3.63) is 0 Å². The van der Waals surface area contributed by atoms with E-state index in [-0.39, 0.29) is 29.4 Å². The largest absolute Gasteiger partial charge is 0.481 e. The third-order valence-electron chi connectivity index (χ3n) is 9.06.